The largest absolute Gasteiger partial charge is 0.416 e. The lowest BCUT2D eigenvalue weighted by Gasteiger charge is -2.33. The van der Waals surface area contributed by atoms with E-state index in [2.05, 4.69) is 4.98 Å². The third-order valence-electron chi connectivity index (χ3n) is 4.85. The van der Waals surface area contributed by atoms with Crippen LogP contribution in [-0.4, -0.2) is 67.1 Å². The molecule has 180 valence electrons. The van der Waals surface area contributed by atoms with Gasteiger partial charge in [0.1, 0.15) is 17.7 Å². The number of pyridine rings is 1. The Balaban J connectivity index is 2.52. The summed E-state index contributed by atoms with van der Waals surface area (Å²) in [6.45, 7) is 1.10. The van der Waals surface area contributed by atoms with Crippen molar-refractivity contribution < 1.29 is 32.3 Å². The number of anilines is 2. The fraction of sp³-hybridized carbons (Fsp3) is 0.381. The molecule has 2 aromatic rings. The average molecular weight is 491 g/mol. The molecule has 1 unspecified atom stereocenters. The predicted octanol–water partition coefficient (Wildman–Crippen LogP) is 3.12. The summed E-state index contributed by atoms with van der Waals surface area (Å²) in [5.41, 5.74) is -0.814. The summed E-state index contributed by atoms with van der Waals surface area (Å²) in [6, 6.07) is 3.76. The van der Waals surface area contributed by atoms with E-state index in [-0.39, 0.29) is 48.3 Å². The van der Waals surface area contributed by atoms with E-state index in [0.717, 1.165) is 21.9 Å². The van der Waals surface area contributed by atoms with Gasteiger partial charge in [-0.3, -0.25) is 14.5 Å². The molecule has 0 aliphatic heterocycles. The maximum Gasteiger partial charge on any atom is 0.416 e. The lowest BCUT2D eigenvalue weighted by Crippen LogP contribution is -2.53. The molecule has 33 heavy (non-hydrogen) atoms. The highest BCUT2D eigenvalue weighted by Crippen LogP contribution is 2.32. The molecule has 0 spiro atoms. The van der Waals surface area contributed by atoms with Crippen LogP contribution in [0.2, 0.25) is 5.02 Å². The highest BCUT2D eigenvalue weighted by atomic mass is 35.5. The van der Waals surface area contributed by atoms with Crippen LogP contribution < -0.4 is 9.80 Å². The molecule has 0 saturated heterocycles. The van der Waals surface area contributed by atoms with Crippen molar-refractivity contribution in [2.45, 2.75) is 19.1 Å². The monoisotopic (exact) mass is 490 g/mol. The number of aliphatic hydroxyl groups is 1. The zero-order chi connectivity index (χ0) is 24.9. The quantitative estimate of drug-likeness (QED) is 0.432. The van der Waals surface area contributed by atoms with Gasteiger partial charge in [0.2, 0.25) is 6.41 Å². The molecule has 0 aliphatic carbocycles. The molecule has 1 heterocycles. The number of hydrogen-bond acceptors (Lipinski definition) is 5. The van der Waals surface area contributed by atoms with E-state index in [1.807, 2.05) is 0 Å². The van der Waals surface area contributed by atoms with Crippen molar-refractivity contribution in [2.24, 2.45) is 0 Å². The first kappa shape index (κ1) is 26.5. The first-order valence-corrected chi connectivity index (χ1v) is 10.1. The van der Waals surface area contributed by atoms with Crippen molar-refractivity contribution in [2.75, 3.05) is 43.6 Å². The number of carbonyl (C=O) groups is 2. The number of rotatable bonds is 9. The summed E-state index contributed by atoms with van der Waals surface area (Å²) in [5.74, 6) is -1.75. The van der Waals surface area contributed by atoms with Gasteiger partial charge < -0.3 is 14.9 Å². The molecule has 2 amide bonds. The number of likely N-dealkylation sites (N-methyl/N-ethyl adjacent to an activating group) is 2. The Hall–Kier alpha value is -2.76. The maximum absolute atomic E-state index is 13.5. The van der Waals surface area contributed by atoms with Crippen molar-refractivity contribution in [3.8, 4) is 0 Å². The van der Waals surface area contributed by atoms with Crippen molar-refractivity contribution >= 4 is 35.4 Å². The van der Waals surface area contributed by atoms with E-state index in [9.17, 15) is 32.3 Å². The smallest absolute Gasteiger partial charge is 0.395 e. The lowest BCUT2D eigenvalue weighted by atomic mass is 10.1. The molecule has 1 N–H and O–H groups in total. The predicted molar refractivity (Wildman–Crippen MR) is 116 cm³/mol. The number of aliphatic hydroxyl groups excluding tert-OH is 1. The number of carbonyl (C=O) groups excluding carboxylic acids is 2. The normalized spacial score (nSPS) is 12.5. The Kier molecular flexibility index (Phi) is 8.76. The number of aryl methyl sites for hydroxylation is 1. The maximum atomic E-state index is 13.5. The minimum Gasteiger partial charge on any atom is -0.395 e. The average Bonchev–Trinajstić information content (AvgIpc) is 2.73. The molecule has 12 heteroatoms. The van der Waals surface area contributed by atoms with Gasteiger partial charge in [0.25, 0.3) is 5.91 Å². The Bertz CT molecular complexity index is 1010. The van der Waals surface area contributed by atoms with Crippen molar-refractivity contribution in [3.05, 3.63) is 52.4 Å². The Morgan fingerprint density at radius 2 is 1.91 bits per heavy atom. The number of hydrogen-bond donors (Lipinski definition) is 1. The van der Waals surface area contributed by atoms with Crippen molar-refractivity contribution in [1.29, 1.82) is 0 Å². The molecule has 0 bridgehead atoms. The minimum absolute atomic E-state index is 0.000239. The van der Waals surface area contributed by atoms with E-state index in [1.54, 1.807) is 7.05 Å². The summed E-state index contributed by atoms with van der Waals surface area (Å²) in [4.78, 5) is 32.9. The van der Waals surface area contributed by atoms with Gasteiger partial charge in [0, 0.05) is 31.5 Å². The zero-order valence-electron chi connectivity index (χ0n) is 18.1. The van der Waals surface area contributed by atoms with Crippen LogP contribution in [0.25, 0.3) is 0 Å². The molecule has 0 saturated carbocycles. The van der Waals surface area contributed by atoms with Gasteiger partial charge in [-0.05, 0) is 44.3 Å². The van der Waals surface area contributed by atoms with Crippen LogP contribution in [0.1, 0.15) is 11.3 Å². The Morgan fingerprint density at radius 1 is 1.24 bits per heavy atom. The van der Waals surface area contributed by atoms with Gasteiger partial charge in [-0.15, -0.1) is 0 Å². The second-order valence-electron chi connectivity index (χ2n) is 7.36. The van der Waals surface area contributed by atoms with E-state index in [4.69, 9.17) is 11.6 Å². The lowest BCUT2D eigenvalue weighted by molar-refractivity contribution is -0.137. The van der Waals surface area contributed by atoms with Crippen LogP contribution in [0.3, 0.4) is 0 Å². The van der Waals surface area contributed by atoms with Gasteiger partial charge in [0.15, 0.2) is 0 Å². The molecule has 2 rings (SSSR count). The molecule has 1 atom stereocenters. The third-order valence-corrected chi connectivity index (χ3v) is 5.14. The topological polar surface area (TPSA) is 77.0 Å². The Labute approximate surface area is 193 Å². The fourth-order valence-corrected chi connectivity index (χ4v) is 3.30. The second-order valence-corrected chi connectivity index (χ2v) is 7.77. The SMILES string of the molecule is Cc1cc(C(F)(F)F)cc(N(C=O)C(CN(C)CCO)C(=O)N(C)c2ccc(F)c(Cl)c2)n1. The van der Waals surface area contributed by atoms with Crippen LogP contribution in [0.5, 0.6) is 0 Å². The van der Waals surface area contributed by atoms with Gasteiger partial charge in [0.05, 0.1) is 17.2 Å². The minimum atomic E-state index is -4.69. The third kappa shape index (κ3) is 6.62. The van der Waals surface area contributed by atoms with Crippen LogP contribution in [-0.2, 0) is 15.8 Å². The summed E-state index contributed by atoms with van der Waals surface area (Å²) in [6.07, 6.45) is -4.46. The fourth-order valence-electron chi connectivity index (χ4n) is 3.12. The van der Waals surface area contributed by atoms with E-state index >= 15 is 0 Å². The van der Waals surface area contributed by atoms with E-state index in [0.29, 0.717) is 6.07 Å². The Morgan fingerprint density at radius 3 is 2.45 bits per heavy atom. The number of alkyl halides is 3. The van der Waals surface area contributed by atoms with Gasteiger partial charge in [-0.2, -0.15) is 13.2 Å². The van der Waals surface area contributed by atoms with Crippen molar-refractivity contribution in [1.82, 2.24) is 9.88 Å². The first-order valence-electron chi connectivity index (χ1n) is 9.70. The number of halogens is 5. The molecule has 0 radical (unpaired) electrons. The highest BCUT2D eigenvalue weighted by molar-refractivity contribution is 6.31. The molecule has 0 fully saturated rings. The molecular weight excluding hydrogens is 468 g/mol. The number of benzene rings is 1. The molecular formula is C21H23ClF4N4O3. The molecule has 7 nitrogen and oxygen atoms in total. The highest BCUT2D eigenvalue weighted by Gasteiger charge is 2.35. The van der Waals surface area contributed by atoms with E-state index in [1.165, 1.54) is 31.0 Å². The number of aromatic nitrogens is 1. The van der Waals surface area contributed by atoms with Gasteiger partial charge >= 0.3 is 6.18 Å². The van der Waals surface area contributed by atoms with Crippen LogP contribution in [0, 0.1) is 12.7 Å². The number of amides is 2. The van der Waals surface area contributed by atoms with Gasteiger partial charge in [-0.1, -0.05) is 11.6 Å². The standard InChI is InChI=1S/C21H23ClF4N4O3/c1-13-8-14(21(24,25)26)9-19(27-13)30(12-32)18(11-28(2)6-7-31)20(33)29(3)15-4-5-17(23)16(22)10-15/h4-5,8-10,12,18,31H,6-7,11H2,1-3H3. The van der Waals surface area contributed by atoms with Gasteiger partial charge in [-0.25, -0.2) is 9.37 Å². The molecule has 0 aliphatic rings. The second kappa shape index (κ2) is 10.9. The summed E-state index contributed by atoms with van der Waals surface area (Å²) in [5, 5.41) is 8.97. The summed E-state index contributed by atoms with van der Waals surface area (Å²) in [7, 11) is 2.93. The van der Waals surface area contributed by atoms with Crippen LogP contribution in [0.15, 0.2) is 30.3 Å². The zero-order valence-corrected chi connectivity index (χ0v) is 18.9. The van der Waals surface area contributed by atoms with Crippen molar-refractivity contribution in [3.63, 3.8) is 0 Å². The van der Waals surface area contributed by atoms with Crippen LogP contribution in [0.4, 0.5) is 29.1 Å². The summed E-state index contributed by atoms with van der Waals surface area (Å²) < 4.78 is 53.5. The first-order chi connectivity index (χ1) is 15.4. The summed E-state index contributed by atoms with van der Waals surface area (Å²) >= 11 is 5.80. The molecule has 1 aromatic carbocycles. The molecule has 1 aromatic heterocycles. The van der Waals surface area contributed by atoms with E-state index < -0.39 is 29.5 Å². The number of nitrogens with zero attached hydrogens (tertiary/aromatic N) is 4. The van der Waals surface area contributed by atoms with Crippen LogP contribution >= 0.6 is 11.6 Å².